The Balaban J connectivity index is 2.40. The largest absolute Gasteiger partial charge is 0.445 e. The van der Waals surface area contributed by atoms with Crippen molar-refractivity contribution in [2.24, 2.45) is 5.73 Å². The first-order chi connectivity index (χ1) is 9.17. The number of benzene rings is 1. The van der Waals surface area contributed by atoms with Crippen LogP contribution in [0, 0.1) is 22.7 Å². The zero-order valence-corrected chi connectivity index (χ0v) is 10.1. The molecule has 0 aliphatic heterocycles. The summed E-state index contributed by atoms with van der Waals surface area (Å²) in [6.07, 6.45) is -0.665. The van der Waals surface area contributed by atoms with Crippen LogP contribution in [0.1, 0.15) is 5.56 Å². The van der Waals surface area contributed by atoms with Gasteiger partial charge in [-0.25, -0.2) is 4.79 Å². The summed E-state index contributed by atoms with van der Waals surface area (Å²) in [6, 6.07) is 12.5. The van der Waals surface area contributed by atoms with E-state index in [1.807, 2.05) is 30.3 Å². The maximum Gasteiger partial charge on any atom is 0.407 e. The summed E-state index contributed by atoms with van der Waals surface area (Å²) in [5.74, 6) is 0. The molecule has 0 saturated heterocycles. The maximum atomic E-state index is 11.3. The van der Waals surface area contributed by atoms with E-state index >= 15 is 0 Å². The van der Waals surface area contributed by atoms with Crippen LogP contribution in [0.5, 0.6) is 0 Å². The van der Waals surface area contributed by atoms with Crippen molar-refractivity contribution in [2.75, 3.05) is 6.54 Å². The van der Waals surface area contributed by atoms with Gasteiger partial charge in [-0.15, -0.1) is 0 Å². The van der Waals surface area contributed by atoms with Gasteiger partial charge in [0.2, 0.25) is 0 Å². The van der Waals surface area contributed by atoms with Crippen LogP contribution in [0.25, 0.3) is 0 Å². The molecule has 0 unspecified atom stereocenters. The number of hydrogen-bond donors (Lipinski definition) is 2. The average molecular weight is 256 g/mol. The number of hydrogen-bond acceptors (Lipinski definition) is 5. The molecule has 6 heteroatoms. The van der Waals surface area contributed by atoms with Crippen molar-refractivity contribution >= 4 is 6.09 Å². The normalized spacial score (nSPS) is 8.74. The summed E-state index contributed by atoms with van der Waals surface area (Å²) in [6.45, 7) is 0.0315. The highest BCUT2D eigenvalue weighted by Crippen LogP contribution is 2.00. The fourth-order valence-electron chi connectivity index (χ4n) is 1.20. The monoisotopic (exact) mass is 256 g/mol. The number of ether oxygens (including phenoxy) is 1. The van der Waals surface area contributed by atoms with Crippen LogP contribution in [0.3, 0.4) is 0 Å². The third kappa shape index (κ3) is 4.80. The van der Waals surface area contributed by atoms with E-state index in [0.717, 1.165) is 5.56 Å². The van der Waals surface area contributed by atoms with Gasteiger partial charge in [0.15, 0.2) is 0 Å². The highest BCUT2D eigenvalue weighted by atomic mass is 16.5. The zero-order chi connectivity index (χ0) is 14.1. The molecule has 3 N–H and O–H groups in total. The molecule has 0 saturated carbocycles. The van der Waals surface area contributed by atoms with Crippen LogP contribution in [0.2, 0.25) is 0 Å². The molecular weight excluding hydrogens is 244 g/mol. The van der Waals surface area contributed by atoms with Crippen LogP contribution in [-0.2, 0) is 11.3 Å². The number of nitrogens with zero attached hydrogens (tertiary/aromatic N) is 2. The smallest absolute Gasteiger partial charge is 0.407 e. The number of carbonyl (C=O) groups is 1. The SMILES string of the molecule is N#CC(C#N)=C(N)CNC(=O)OCc1ccccc1. The molecule has 0 spiro atoms. The molecule has 96 valence electrons. The summed E-state index contributed by atoms with van der Waals surface area (Å²) < 4.78 is 4.93. The van der Waals surface area contributed by atoms with E-state index in [-0.39, 0.29) is 24.4 Å². The summed E-state index contributed by atoms with van der Waals surface area (Å²) in [4.78, 5) is 11.3. The third-order valence-electron chi connectivity index (χ3n) is 2.18. The van der Waals surface area contributed by atoms with Crippen molar-refractivity contribution in [3.63, 3.8) is 0 Å². The molecule has 0 fully saturated rings. The number of amides is 1. The fraction of sp³-hybridized carbons (Fsp3) is 0.154. The molecule has 1 amide bonds. The maximum absolute atomic E-state index is 11.3. The van der Waals surface area contributed by atoms with Crippen LogP contribution >= 0.6 is 0 Å². The Morgan fingerprint density at radius 3 is 2.47 bits per heavy atom. The Bertz CT molecular complexity index is 536. The molecule has 1 rings (SSSR count). The topological polar surface area (TPSA) is 112 Å². The Kier molecular flexibility index (Phi) is 5.45. The van der Waals surface area contributed by atoms with Crippen LogP contribution in [0.4, 0.5) is 4.79 Å². The standard InChI is InChI=1S/C13H12N4O2/c14-6-11(7-15)12(16)8-17-13(18)19-9-10-4-2-1-3-5-10/h1-5H,8-9,16H2,(H,17,18). The Labute approximate surface area is 110 Å². The van der Waals surface area contributed by atoms with Crippen molar-refractivity contribution in [3.8, 4) is 12.1 Å². The Hall–Kier alpha value is -2.99. The van der Waals surface area contributed by atoms with Crippen LogP contribution in [-0.4, -0.2) is 12.6 Å². The first kappa shape index (κ1) is 14.1. The average Bonchev–Trinajstić information content (AvgIpc) is 2.45. The molecule has 0 atom stereocenters. The first-order valence-electron chi connectivity index (χ1n) is 5.40. The lowest BCUT2D eigenvalue weighted by atomic mass is 10.2. The van der Waals surface area contributed by atoms with Gasteiger partial charge in [-0.05, 0) is 5.56 Å². The second-order valence-corrected chi connectivity index (χ2v) is 3.54. The predicted molar refractivity (Wildman–Crippen MR) is 67.1 cm³/mol. The van der Waals surface area contributed by atoms with Gasteiger partial charge in [0.05, 0.1) is 12.2 Å². The minimum absolute atomic E-state index is 0.00154. The lowest BCUT2D eigenvalue weighted by Gasteiger charge is -2.07. The second kappa shape index (κ2) is 7.36. The molecule has 0 radical (unpaired) electrons. The molecule has 0 aliphatic rings. The number of nitrogens with two attached hydrogens (primary N) is 1. The summed E-state index contributed by atoms with van der Waals surface area (Å²) in [5.41, 5.74) is 6.10. The zero-order valence-electron chi connectivity index (χ0n) is 10.1. The summed E-state index contributed by atoms with van der Waals surface area (Å²) in [7, 11) is 0. The van der Waals surface area contributed by atoms with Gasteiger partial charge in [-0.2, -0.15) is 10.5 Å². The van der Waals surface area contributed by atoms with Crippen molar-refractivity contribution in [1.82, 2.24) is 5.32 Å². The van der Waals surface area contributed by atoms with E-state index in [4.69, 9.17) is 21.0 Å². The van der Waals surface area contributed by atoms with Crippen molar-refractivity contribution < 1.29 is 9.53 Å². The highest BCUT2D eigenvalue weighted by molar-refractivity contribution is 5.67. The number of rotatable bonds is 4. The number of nitriles is 2. The number of alkyl carbamates (subject to hydrolysis) is 1. The molecule has 6 nitrogen and oxygen atoms in total. The van der Waals surface area contributed by atoms with Gasteiger partial charge in [0.1, 0.15) is 24.3 Å². The van der Waals surface area contributed by atoms with Gasteiger partial charge in [0.25, 0.3) is 0 Å². The molecule has 1 aromatic carbocycles. The fourth-order valence-corrected chi connectivity index (χ4v) is 1.20. The van der Waals surface area contributed by atoms with Gasteiger partial charge >= 0.3 is 6.09 Å². The van der Waals surface area contributed by atoms with E-state index in [0.29, 0.717) is 0 Å². The van der Waals surface area contributed by atoms with Gasteiger partial charge in [-0.1, -0.05) is 30.3 Å². The molecule has 0 bridgehead atoms. The Morgan fingerprint density at radius 2 is 1.89 bits per heavy atom. The molecule has 0 aromatic heterocycles. The van der Waals surface area contributed by atoms with E-state index in [2.05, 4.69) is 5.32 Å². The molecule has 0 heterocycles. The first-order valence-corrected chi connectivity index (χ1v) is 5.40. The lowest BCUT2D eigenvalue weighted by molar-refractivity contribution is 0.140. The van der Waals surface area contributed by atoms with E-state index < -0.39 is 6.09 Å². The van der Waals surface area contributed by atoms with E-state index in [1.165, 1.54) is 0 Å². The van der Waals surface area contributed by atoms with Crippen LogP contribution in [0.15, 0.2) is 41.6 Å². The number of carbonyl (C=O) groups excluding carboxylic acids is 1. The van der Waals surface area contributed by atoms with Gasteiger partial charge in [0, 0.05) is 0 Å². The van der Waals surface area contributed by atoms with Crippen LogP contribution < -0.4 is 11.1 Å². The minimum Gasteiger partial charge on any atom is -0.445 e. The van der Waals surface area contributed by atoms with E-state index in [1.54, 1.807) is 12.1 Å². The Morgan fingerprint density at radius 1 is 1.26 bits per heavy atom. The summed E-state index contributed by atoms with van der Waals surface area (Å²) in [5, 5.41) is 19.5. The van der Waals surface area contributed by atoms with Crippen molar-refractivity contribution in [1.29, 1.82) is 10.5 Å². The second-order valence-electron chi connectivity index (χ2n) is 3.54. The van der Waals surface area contributed by atoms with Gasteiger partial charge in [-0.3, -0.25) is 0 Å². The molecular formula is C13H12N4O2. The summed E-state index contributed by atoms with van der Waals surface area (Å²) >= 11 is 0. The predicted octanol–water partition coefficient (Wildman–Crippen LogP) is 1.17. The van der Waals surface area contributed by atoms with Crippen molar-refractivity contribution in [3.05, 3.63) is 47.2 Å². The highest BCUT2D eigenvalue weighted by Gasteiger charge is 2.06. The van der Waals surface area contributed by atoms with E-state index in [9.17, 15) is 4.79 Å². The van der Waals surface area contributed by atoms with Crippen molar-refractivity contribution in [2.45, 2.75) is 6.61 Å². The molecule has 0 aliphatic carbocycles. The number of nitrogens with one attached hydrogen (secondary N) is 1. The minimum atomic E-state index is -0.665. The van der Waals surface area contributed by atoms with Gasteiger partial charge < -0.3 is 15.8 Å². The molecule has 19 heavy (non-hydrogen) atoms. The third-order valence-corrected chi connectivity index (χ3v) is 2.18. The number of allylic oxidation sites excluding steroid dienone is 1. The lowest BCUT2D eigenvalue weighted by Crippen LogP contribution is -2.29. The quantitative estimate of drug-likeness (QED) is 0.785. The molecule has 1 aromatic rings.